The van der Waals surface area contributed by atoms with Crippen LogP contribution in [0.3, 0.4) is 0 Å². The minimum absolute atomic E-state index is 0.0676. The average Bonchev–Trinajstić information content (AvgIpc) is 2.94. The first-order valence-electron chi connectivity index (χ1n) is 9.54. The van der Waals surface area contributed by atoms with E-state index >= 15 is 0 Å². The Morgan fingerprint density at radius 3 is 2.57 bits per heavy atom. The van der Waals surface area contributed by atoms with Gasteiger partial charge in [-0.25, -0.2) is 8.42 Å². The second-order valence-electron chi connectivity index (χ2n) is 7.38. The third kappa shape index (κ3) is 3.70. The van der Waals surface area contributed by atoms with Crippen molar-refractivity contribution in [1.82, 2.24) is 9.29 Å². The van der Waals surface area contributed by atoms with Gasteiger partial charge in [0.2, 0.25) is 0 Å². The topological polar surface area (TPSA) is 79.5 Å². The van der Waals surface area contributed by atoms with Crippen molar-refractivity contribution in [3.05, 3.63) is 71.0 Å². The Morgan fingerprint density at radius 2 is 1.87 bits per heavy atom. The van der Waals surface area contributed by atoms with Crippen molar-refractivity contribution in [2.24, 2.45) is 0 Å². The number of halogens is 1. The molecule has 1 aliphatic heterocycles. The molecule has 1 unspecified atom stereocenters. The number of fused-ring (bicyclic) bond motifs is 3. The third-order valence-corrected chi connectivity index (χ3v) is 6.96. The van der Waals surface area contributed by atoms with E-state index in [-0.39, 0.29) is 17.5 Å². The van der Waals surface area contributed by atoms with Crippen LogP contribution in [0.2, 0.25) is 5.02 Å². The molecule has 30 heavy (non-hydrogen) atoms. The predicted octanol–water partition coefficient (Wildman–Crippen LogP) is 4.53. The van der Waals surface area contributed by atoms with Gasteiger partial charge in [-0.2, -0.15) is 0 Å². The molecule has 0 radical (unpaired) electrons. The van der Waals surface area contributed by atoms with Crippen molar-refractivity contribution in [1.29, 1.82) is 0 Å². The number of esters is 1. The normalized spacial score (nSPS) is 16.5. The van der Waals surface area contributed by atoms with Gasteiger partial charge in [0.25, 0.3) is 10.0 Å². The molecular weight excluding hydrogens is 424 g/mol. The first-order valence-corrected chi connectivity index (χ1v) is 11.4. The van der Waals surface area contributed by atoms with Crippen molar-refractivity contribution in [3.63, 3.8) is 0 Å². The van der Waals surface area contributed by atoms with E-state index in [1.54, 1.807) is 19.9 Å². The maximum atomic E-state index is 13.2. The number of hydrogen-bond donors (Lipinski definition) is 1. The summed E-state index contributed by atoms with van der Waals surface area (Å²) in [6.07, 6.45) is 2.86. The van der Waals surface area contributed by atoms with Crippen molar-refractivity contribution < 1.29 is 17.9 Å². The Kier molecular flexibility index (Phi) is 5.34. The molecule has 0 amide bonds. The summed E-state index contributed by atoms with van der Waals surface area (Å²) < 4.78 is 33.2. The number of H-pyrrole nitrogens is 1. The van der Waals surface area contributed by atoms with Crippen LogP contribution >= 0.6 is 11.6 Å². The van der Waals surface area contributed by atoms with Crippen molar-refractivity contribution in [2.45, 2.75) is 30.8 Å². The van der Waals surface area contributed by atoms with Crippen LogP contribution in [0.1, 0.15) is 31.0 Å². The van der Waals surface area contributed by atoms with E-state index in [9.17, 15) is 13.2 Å². The molecule has 3 aromatic rings. The number of ether oxygens (including phenoxy) is 1. The summed E-state index contributed by atoms with van der Waals surface area (Å²) in [5, 5.41) is 1.31. The summed E-state index contributed by atoms with van der Waals surface area (Å²) in [6, 6.07) is 13.6. The van der Waals surface area contributed by atoms with Gasteiger partial charge in [-0.1, -0.05) is 29.8 Å². The van der Waals surface area contributed by atoms with Crippen LogP contribution in [0.25, 0.3) is 17.0 Å². The number of nitrogens with one attached hydrogen (secondary N) is 1. The Morgan fingerprint density at radius 1 is 1.17 bits per heavy atom. The van der Waals surface area contributed by atoms with Gasteiger partial charge in [0, 0.05) is 33.4 Å². The van der Waals surface area contributed by atoms with E-state index in [2.05, 4.69) is 4.98 Å². The Labute approximate surface area is 180 Å². The molecule has 0 saturated heterocycles. The highest BCUT2D eigenvalue weighted by atomic mass is 35.5. The maximum absolute atomic E-state index is 13.2. The minimum Gasteiger partial charge on any atom is -0.462 e. The maximum Gasteiger partial charge on any atom is 0.315 e. The number of sulfonamides is 1. The highest BCUT2D eigenvalue weighted by molar-refractivity contribution is 7.89. The molecule has 1 N–H and O–H groups in total. The first kappa shape index (κ1) is 20.5. The molecule has 6 nitrogen and oxygen atoms in total. The second-order valence-corrected chi connectivity index (χ2v) is 9.71. The fourth-order valence-corrected chi connectivity index (χ4v) is 5.05. The van der Waals surface area contributed by atoms with Gasteiger partial charge in [0.15, 0.2) is 0 Å². The molecular formula is C22H21ClN2O4S. The Balaban J connectivity index is 1.81. The summed E-state index contributed by atoms with van der Waals surface area (Å²) in [6.45, 7) is 3.47. The SMILES string of the molecule is CC(C)OC(=O)C1CN(S(=O)(=O)c2ccc(Cl)cc2)C=Cc2[nH]c3ccccc3c21. The molecule has 0 fully saturated rings. The number of rotatable bonds is 4. The summed E-state index contributed by atoms with van der Waals surface area (Å²) in [5.74, 6) is -1.24. The minimum atomic E-state index is -3.88. The van der Waals surface area contributed by atoms with Crippen LogP contribution in [0.4, 0.5) is 0 Å². The zero-order valence-corrected chi connectivity index (χ0v) is 18.1. The van der Waals surface area contributed by atoms with E-state index < -0.39 is 21.9 Å². The molecule has 4 rings (SSSR count). The molecule has 1 aromatic heterocycles. The van der Waals surface area contributed by atoms with Crippen molar-refractivity contribution in [3.8, 4) is 0 Å². The monoisotopic (exact) mass is 444 g/mol. The fourth-order valence-electron chi connectivity index (χ4n) is 3.61. The summed E-state index contributed by atoms with van der Waals surface area (Å²) in [7, 11) is -3.88. The largest absolute Gasteiger partial charge is 0.462 e. The zero-order chi connectivity index (χ0) is 21.5. The van der Waals surface area contributed by atoms with Crippen LogP contribution in [0.15, 0.2) is 59.6 Å². The number of hydrogen-bond acceptors (Lipinski definition) is 4. The number of nitrogens with zero attached hydrogens (tertiary/aromatic N) is 1. The summed E-state index contributed by atoms with van der Waals surface area (Å²) in [4.78, 5) is 16.4. The molecule has 0 spiro atoms. The lowest BCUT2D eigenvalue weighted by molar-refractivity contribution is -0.149. The molecule has 0 bridgehead atoms. The van der Waals surface area contributed by atoms with E-state index in [1.807, 2.05) is 24.3 Å². The van der Waals surface area contributed by atoms with Crippen LogP contribution in [0.5, 0.6) is 0 Å². The number of aromatic amines is 1. The van der Waals surface area contributed by atoms with Gasteiger partial charge < -0.3 is 9.72 Å². The van der Waals surface area contributed by atoms with E-state index in [0.717, 1.165) is 16.5 Å². The molecule has 156 valence electrons. The summed E-state index contributed by atoms with van der Waals surface area (Å²) in [5.41, 5.74) is 2.31. The van der Waals surface area contributed by atoms with E-state index in [4.69, 9.17) is 16.3 Å². The molecule has 1 atom stereocenters. The zero-order valence-electron chi connectivity index (χ0n) is 16.5. The van der Waals surface area contributed by atoms with E-state index in [1.165, 1.54) is 34.8 Å². The number of carbonyl (C=O) groups is 1. The Hall–Kier alpha value is -2.77. The van der Waals surface area contributed by atoms with Gasteiger partial charge in [0.05, 0.1) is 17.5 Å². The standard InChI is InChI=1S/C22H21ClN2O4S/c1-14(2)29-22(26)18-13-25(30(27,28)16-9-7-15(23)8-10-16)12-11-20-21(18)17-5-3-4-6-19(17)24-20/h3-12,14,18,24H,13H2,1-2H3. The average molecular weight is 445 g/mol. The molecule has 2 heterocycles. The van der Waals surface area contributed by atoms with Gasteiger partial charge >= 0.3 is 5.97 Å². The highest BCUT2D eigenvalue weighted by Crippen LogP contribution is 2.35. The molecule has 2 aromatic carbocycles. The molecule has 1 aliphatic rings. The van der Waals surface area contributed by atoms with Crippen molar-refractivity contribution in [2.75, 3.05) is 6.54 Å². The van der Waals surface area contributed by atoms with Crippen molar-refractivity contribution >= 4 is 44.6 Å². The lowest BCUT2D eigenvalue weighted by atomic mass is 9.96. The Bertz CT molecular complexity index is 1230. The van der Waals surface area contributed by atoms with Gasteiger partial charge in [-0.15, -0.1) is 0 Å². The van der Waals surface area contributed by atoms with E-state index in [0.29, 0.717) is 10.7 Å². The number of carbonyl (C=O) groups excluding carboxylic acids is 1. The second kappa shape index (κ2) is 7.81. The number of benzene rings is 2. The van der Waals surface area contributed by atoms with Crippen LogP contribution < -0.4 is 0 Å². The van der Waals surface area contributed by atoms with Gasteiger partial charge in [0.1, 0.15) is 5.92 Å². The smallest absolute Gasteiger partial charge is 0.315 e. The quantitative estimate of drug-likeness (QED) is 0.599. The predicted molar refractivity (Wildman–Crippen MR) is 117 cm³/mol. The van der Waals surface area contributed by atoms with Crippen LogP contribution in [-0.4, -0.2) is 36.3 Å². The summed E-state index contributed by atoms with van der Waals surface area (Å²) >= 11 is 5.90. The first-order chi connectivity index (χ1) is 14.3. The fraction of sp³-hybridized carbons (Fsp3) is 0.227. The third-order valence-electron chi connectivity index (χ3n) is 4.95. The highest BCUT2D eigenvalue weighted by Gasteiger charge is 2.35. The van der Waals surface area contributed by atoms with Gasteiger partial charge in [-0.05, 0) is 50.3 Å². The number of para-hydroxylation sites is 1. The van der Waals surface area contributed by atoms with Crippen LogP contribution in [0, 0.1) is 0 Å². The lowest BCUT2D eigenvalue weighted by Crippen LogP contribution is -2.33. The molecule has 0 aliphatic carbocycles. The molecule has 0 saturated carbocycles. The number of aromatic nitrogens is 1. The van der Waals surface area contributed by atoms with Gasteiger partial charge in [-0.3, -0.25) is 9.10 Å². The lowest BCUT2D eigenvalue weighted by Gasteiger charge is -2.24. The molecule has 8 heteroatoms. The van der Waals surface area contributed by atoms with Crippen LogP contribution in [-0.2, 0) is 19.6 Å².